The Labute approximate surface area is 133 Å². The summed E-state index contributed by atoms with van der Waals surface area (Å²) in [6, 6.07) is 16.9. The summed E-state index contributed by atoms with van der Waals surface area (Å²) in [5.41, 5.74) is 4.04. The van der Waals surface area contributed by atoms with Crippen molar-refractivity contribution < 1.29 is 10.0 Å². The molecule has 0 unspecified atom stereocenters. The molecule has 0 spiro atoms. The van der Waals surface area contributed by atoms with E-state index in [0.29, 0.717) is 12.0 Å². The van der Waals surface area contributed by atoms with Crippen molar-refractivity contribution in [1.82, 2.24) is 20.2 Å². The van der Waals surface area contributed by atoms with E-state index < -0.39 is 5.91 Å². The molecule has 23 heavy (non-hydrogen) atoms. The number of nitrogens with one attached hydrogen (secondary N) is 1. The smallest absolute Gasteiger partial charge is 0.274 e. The third-order valence-electron chi connectivity index (χ3n) is 3.68. The molecule has 0 aliphatic heterocycles. The molecule has 2 N–H and O–H groups in total. The molecule has 0 radical (unpaired) electrons. The highest BCUT2D eigenvalue weighted by Gasteiger charge is 2.11. The first kappa shape index (κ1) is 14.9. The molecule has 6 nitrogen and oxygen atoms in total. The van der Waals surface area contributed by atoms with Gasteiger partial charge in [0.1, 0.15) is 5.82 Å². The fraction of sp³-hybridized carbons (Fsp3) is 0.118. The van der Waals surface area contributed by atoms with Crippen LogP contribution in [0, 0.1) is 0 Å². The largest absolute Gasteiger partial charge is 0.314 e. The molecule has 0 aliphatic rings. The number of benzene rings is 2. The Morgan fingerprint density at radius 2 is 1.78 bits per heavy atom. The summed E-state index contributed by atoms with van der Waals surface area (Å²) in [6.07, 6.45) is 0.608. The van der Waals surface area contributed by atoms with E-state index in [0.717, 1.165) is 22.8 Å². The van der Waals surface area contributed by atoms with Gasteiger partial charge in [-0.1, -0.05) is 42.5 Å². The molecule has 3 aromatic rings. The molecule has 1 amide bonds. The molecule has 116 valence electrons. The van der Waals surface area contributed by atoms with E-state index in [9.17, 15) is 4.79 Å². The molecule has 3 rings (SSSR count). The summed E-state index contributed by atoms with van der Waals surface area (Å²) in [6.45, 7) is 0. The first-order valence-electron chi connectivity index (χ1n) is 7.16. The Morgan fingerprint density at radius 3 is 2.43 bits per heavy atom. The molecule has 1 aromatic heterocycles. The Balaban J connectivity index is 1.81. The predicted molar refractivity (Wildman–Crippen MR) is 84.9 cm³/mol. The number of rotatable bonds is 4. The third kappa shape index (κ3) is 3.12. The van der Waals surface area contributed by atoms with Crippen LogP contribution in [-0.2, 0) is 13.5 Å². The van der Waals surface area contributed by atoms with E-state index in [1.807, 2.05) is 54.1 Å². The molecular formula is C17H16N4O2. The number of amides is 1. The number of carbonyl (C=O) groups is 1. The second-order valence-corrected chi connectivity index (χ2v) is 5.18. The standard InChI is InChI=1S/C17H16N4O2/c1-21-15(18-19-16(21)13-5-3-2-4-6-13)11-12-7-9-14(10-8-12)17(22)20-23/h2-10,23H,11H2,1H3,(H,20,22). The van der Waals surface area contributed by atoms with Gasteiger partial charge >= 0.3 is 0 Å². The summed E-state index contributed by atoms with van der Waals surface area (Å²) >= 11 is 0. The predicted octanol–water partition coefficient (Wildman–Crippen LogP) is 2.19. The van der Waals surface area contributed by atoms with Crippen LogP contribution in [0.1, 0.15) is 21.7 Å². The zero-order valence-corrected chi connectivity index (χ0v) is 12.6. The molecule has 0 saturated heterocycles. The van der Waals surface area contributed by atoms with Crippen molar-refractivity contribution in [2.24, 2.45) is 7.05 Å². The molecule has 0 saturated carbocycles. The molecular weight excluding hydrogens is 292 g/mol. The van der Waals surface area contributed by atoms with Crippen LogP contribution in [-0.4, -0.2) is 25.9 Å². The second-order valence-electron chi connectivity index (χ2n) is 5.18. The lowest BCUT2D eigenvalue weighted by Gasteiger charge is -2.05. The Hall–Kier alpha value is -2.99. The highest BCUT2D eigenvalue weighted by molar-refractivity contribution is 5.93. The van der Waals surface area contributed by atoms with Crippen LogP contribution in [0.3, 0.4) is 0 Å². The molecule has 6 heteroatoms. The van der Waals surface area contributed by atoms with E-state index in [1.165, 1.54) is 0 Å². The third-order valence-corrected chi connectivity index (χ3v) is 3.68. The average Bonchev–Trinajstić information content (AvgIpc) is 2.96. The number of aromatic nitrogens is 3. The van der Waals surface area contributed by atoms with E-state index in [1.54, 1.807) is 17.6 Å². The maximum atomic E-state index is 11.3. The van der Waals surface area contributed by atoms with Gasteiger partial charge < -0.3 is 4.57 Å². The van der Waals surface area contributed by atoms with Gasteiger partial charge in [-0.15, -0.1) is 10.2 Å². The summed E-state index contributed by atoms with van der Waals surface area (Å²) in [4.78, 5) is 11.3. The number of hydrogen-bond donors (Lipinski definition) is 2. The van der Waals surface area contributed by atoms with Crippen LogP contribution in [0.2, 0.25) is 0 Å². The van der Waals surface area contributed by atoms with Crippen LogP contribution in [0.5, 0.6) is 0 Å². The lowest BCUT2D eigenvalue weighted by atomic mass is 10.1. The van der Waals surface area contributed by atoms with Gasteiger partial charge in [0, 0.05) is 24.6 Å². The van der Waals surface area contributed by atoms with E-state index in [-0.39, 0.29) is 0 Å². The molecule has 0 aliphatic carbocycles. The maximum Gasteiger partial charge on any atom is 0.274 e. The van der Waals surface area contributed by atoms with Crippen LogP contribution >= 0.6 is 0 Å². The van der Waals surface area contributed by atoms with Crippen molar-refractivity contribution in [3.8, 4) is 11.4 Å². The Kier molecular flexibility index (Phi) is 4.16. The van der Waals surface area contributed by atoms with Crippen molar-refractivity contribution in [2.45, 2.75) is 6.42 Å². The SMILES string of the molecule is Cn1c(Cc2ccc(C(=O)NO)cc2)nnc1-c1ccccc1. The van der Waals surface area contributed by atoms with Crippen LogP contribution < -0.4 is 5.48 Å². The Morgan fingerprint density at radius 1 is 1.09 bits per heavy atom. The maximum absolute atomic E-state index is 11.3. The number of hydroxylamine groups is 1. The van der Waals surface area contributed by atoms with Gasteiger partial charge in [0.2, 0.25) is 0 Å². The number of nitrogens with zero attached hydrogens (tertiary/aromatic N) is 3. The Bertz CT molecular complexity index is 810. The van der Waals surface area contributed by atoms with Gasteiger partial charge in [-0.2, -0.15) is 0 Å². The highest BCUT2D eigenvalue weighted by Crippen LogP contribution is 2.18. The topological polar surface area (TPSA) is 80.0 Å². The van der Waals surface area contributed by atoms with Crippen molar-refractivity contribution in [1.29, 1.82) is 0 Å². The van der Waals surface area contributed by atoms with Crippen LogP contribution in [0.15, 0.2) is 54.6 Å². The summed E-state index contributed by atoms with van der Waals surface area (Å²) in [5, 5.41) is 17.1. The van der Waals surface area contributed by atoms with Gasteiger partial charge in [0.15, 0.2) is 5.82 Å². The molecule has 0 fully saturated rings. The van der Waals surface area contributed by atoms with Crippen molar-refractivity contribution in [3.05, 3.63) is 71.5 Å². The van der Waals surface area contributed by atoms with Crippen LogP contribution in [0.4, 0.5) is 0 Å². The first-order chi connectivity index (χ1) is 11.2. The second kappa shape index (κ2) is 6.41. The average molecular weight is 308 g/mol. The summed E-state index contributed by atoms with van der Waals surface area (Å²) in [7, 11) is 1.94. The molecule has 2 aromatic carbocycles. The van der Waals surface area contributed by atoms with Gasteiger partial charge in [-0.05, 0) is 17.7 Å². The molecule has 0 atom stereocenters. The van der Waals surface area contributed by atoms with E-state index in [4.69, 9.17) is 5.21 Å². The molecule has 0 bridgehead atoms. The van der Waals surface area contributed by atoms with Crippen molar-refractivity contribution in [2.75, 3.05) is 0 Å². The monoisotopic (exact) mass is 308 g/mol. The zero-order valence-electron chi connectivity index (χ0n) is 12.6. The van der Waals surface area contributed by atoms with Gasteiger partial charge in [0.25, 0.3) is 5.91 Å². The van der Waals surface area contributed by atoms with Crippen molar-refractivity contribution >= 4 is 5.91 Å². The quantitative estimate of drug-likeness (QED) is 0.572. The number of hydrogen-bond acceptors (Lipinski definition) is 4. The fourth-order valence-corrected chi connectivity index (χ4v) is 2.38. The summed E-state index contributed by atoms with van der Waals surface area (Å²) in [5.74, 6) is 1.13. The lowest BCUT2D eigenvalue weighted by Crippen LogP contribution is -2.18. The minimum Gasteiger partial charge on any atom is -0.314 e. The normalized spacial score (nSPS) is 10.5. The van der Waals surface area contributed by atoms with Gasteiger partial charge in [-0.3, -0.25) is 10.0 Å². The number of carbonyl (C=O) groups excluding carboxylic acids is 1. The highest BCUT2D eigenvalue weighted by atomic mass is 16.5. The van der Waals surface area contributed by atoms with E-state index >= 15 is 0 Å². The first-order valence-corrected chi connectivity index (χ1v) is 7.16. The minimum atomic E-state index is -0.526. The van der Waals surface area contributed by atoms with Gasteiger partial charge in [-0.25, -0.2) is 5.48 Å². The van der Waals surface area contributed by atoms with Crippen molar-refractivity contribution in [3.63, 3.8) is 0 Å². The minimum absolute atomic E-state index is 0.402. The molecule has 1 heterocycles. The lowest BCUT2D eigenvalue weighted by molar-refractivity contribution is 0.0706. The van der Waals surface area contributed by atoms with Gasteiger partial charge in [0.05, 0.1) is 0 Å². The zero-order chi connectivity index (χ0) is 16.2. The van der Waals surface area contributed by atoms with E-state index in [2.05, 4.69) is 10.2 Å². The van der Waals surface area contributed by atoms with Crippen LogP contribution in [0.25, 0.3) is 11.4 Å². The fourth-order valence-electron chi connectivity index (χ4n) is 2.38. The summed E-state index contributed by atoms with van der Waals surface area (Å²) < 4.78 is 1.96.